The number of nitrogens with one attached hydrogen (secondary N) is 2. The van der Waals surface area contributed by atoms with Gasteiger partial charge in [0.25, 0.3) is 0 Å². The van der Waals surface area contributed by atoms with Crippen molar-refractivity contribution in [3.05, 3.63) is 35.5 Å². The topological polar surface area (TPSA) is 68.4 Å². The lowest BCUT2D eigenvalue weighted by molar-refractivity contribution is -0.127. The lowest BCUT2D eigenvalue weighted by Crippen LogP contribution is -2.44. The van der Waals surface area contributed by atoms with Crippen LogP contribution in [0.2, 0.25) is 0 Å². The van der Waals surface area contributed by atoms with Crippen LogP contribution in [0, 0.1) is 5.92 Å². The Morgan fingerprint density at radius 1 is 1.24 bits per heavy atom. The van der Waals surface area contributed by atoms with E-state index in [1.54, 1.807) is 0 Å². The van der Waals surface area contributed by atoms with Crippen LogP contribution in [0.4, 0.5) is 0 Å². The van der Waals surface area contributed by atoms with Crippen molar-refractivity contribution >= 4 is 16.8 Å². The summed E-state index contributed by atoms with van der Waals surface area (Å²) in [5.41, 5.74) is 3.20. The number of aryl methyl sites for hydroxylation is 1. The van der Waals surface area contributed by atoms with Gasteiger partial charge in [-0.1, -0.05) is 6.07 Å². The number of carbonyl (C=O) groups is 1. The number of hydrogen-bond acceptors (Lipinski definition) is 3. The van der Waals surface area contributed by atoms with Gasteiger partial charge in [0.2, 0.25) is 5.91 Å². The first-order chi connectivity index (χ1) is 13.9. The average molecular weight is 398 g/mol. The molecule has 0 saturated carbocycles. The molecule has 1 amide bonds. The molecule has 2 aromatic rings. The van der Waals surface area contributed by atoms with Gasteiger partial charge in [0.05, 0.1) is 11.5 Å². The second-order valence-electron chi connectivity index (χ2n) is 9.63. The fraction of sp³-hybridized carbons (Fsp3) is 0.625. The number of benzene rings is 1. The molecular formula is C24H35N3O2. The summed E-state index contributed by atoms with van der Waals surface area (Å²) >= 11 is 0. The van der Waals surface area contributed by atoms with Crippen LogP contribution >= 0.6 is 0 Å². The largest absolute Gasteiger partial charge is 0.390 e. The fourth-order valence-electron chi connectivity index (χ4n) is 4.91. The van der Waals surface area contributed by atoms with Crippen molar-refractivity contribution in [3.63, 3.8) is 0 Å². The van der Waals surface area contributed by atoms with Crippen LogP contribution in [-0.4, -0.2) is 52.2 Å². The Morgan fingerprint density at radius 3 is 2.90 bits per heavy atom. The number of aromatic nitrogens is 1. The third-order valence-corrected chi connectivity index (χ3v) is 6.67. The molecule has 0 bridgehead atoms. The normalized spacial score (nSPS) is 23.6. The van der Waals surface area contributed by atoms with E-state index in [0.717, 1.165) is 51.7 Å². The Labute approximate surface area is 173 Å². The Balaban J connectivity index is 1.45. The van der Waals surface area contributed by atoms with E-state index in [-0.39, 0.29) is 11.8 Å². The van der Waals surface area contributed by atoms with Crippen molar-refractivity contribution < 1.29 is 9.90 Å². The van der Waals surface area contributed by atoms with Gasteiger partial charge in [0.1, 0.15) is 0 Å². The number of aliphatic hydroxyl groups is 1. The zero-order valence-electron chi connectivity index (χ0n) is 17.8. The maximum Gasteiger partial charge on any atom is 0.224 e. The molecule has 29 heavy (non-hydrogen) atoms. The summed E-state index contributed by atoms with van der Waals surface area (Å²) in [6.07, 6.45) is 9.39. The second-order valence-corrected chi connectivity index (χ2v) is 9.63. The van der Waals surface area contributed by atoms with Gasteiger partial charge in [-0.2, -0.15) is 0 Å². The number of nitrogens with zero attached hydrogens (tertiary/aromatic N) is 1. The van der Waals surface area contributed by atoms with Crippen LogP contribution < -0.4 is 5.32 Å². The first-order valence-corrected chi connectivity index (χ1v) is 11.2. The predicted octanol–water partition coefficient (Wildman–Crippen LogP) is 3.40. The van der Waals surface area contributed by atoms with E-state index < -0.39 is 5.60 Å². The molecule has 1 aromatic carbocycles. The minimum atomic E-state index is -0.633. The van der Waals surface area contributed by atoms with E-state index in [1.165, 1.54) is 34.9 Å². The van der Waals surface area contributed by atoms with Crippen molar-refractivity contribution in [1.82, 2.24) is 15.2 Å². The lowest BCUT2D eigenvalue weighted by atomic mass is 9.95. The van der Waals surface area contributed by atoms with Gasteiger partial charge in [-0.05, 0) is 88.6 Å². The van der Waals surface area contributed by atoms with Crippen molar-refractivity contribution in [3.8, 4) is 0 Å². The monoisotopic (exact) mass is 397 g/mol. The second kappa shape index (κ2) is 8.49. The number of likely N-dealkylation sites (tertiary alicyclic amines) is 1. The molecular weight excluding hydrogens is 362 g/mol. The molecule has 2 fully saturated rings. The van der Waals surface area contributed by atoms with Crippen LogP contribution in [0.5, 0.6) is 0 Å². The highest BCUT2D eigenvalue weighted by atomic mass is 16.3. The molecule has 3 heterocycles. The van der Waals surface area contributed by atoms with Crippen molar-refractivity contribution in [2.45, 2.75) is 70.4 Å². The van der Waals surface area contributed by atoms with E-state index in [4.69, 9.17) is 0 Å². The number of rotatable bonds is 7. The lowest BCUT2D eigenvalue weighted by Gasteiger charge is -2.30. The number of carbonyl (C=O) groups excluding carboxylic acids is 1. The van der Waals surface area contributed by atoms with Gasteiger partial charge < -0.3 is 15.4 Å². The average Bonchev–Trinajstić information content (AvgIpc) is 3.29. The van der Waals surface area contributed by atoms with Gasteiger partial charge in [-0.3, -0.25) is 9.69 Å². The third-order valence-electron chi connectivity index (χ3n) is 6.67. The Kier molecular flexibility index (Phi) is 5.98. The van der Waals surface area contributed by atoms with Crippen molar-refractivity contribution in [2.75, 3.05) is 19.6 Å². The Morgan fingerprint density at radius 2 is 2.10 bits per heavy atom. The first kappa shape index (κ1) is 20.4. The predicted molar refractivity (Wildman–Crippen MR) is 117 cm³/mol. The van der Waals surface area contributed by atoms with Crippen molar-refractivity contribution in [2.24, 2.45) is 5.92 Å². The molecule has 1 aromatic heterocycles. The SMILES string of the molecule is CC(C)(O)CCc1ccc2[nH]cc(C[C@H]3CCCN3C[C@@H]3CCCNC3=O)c2c1. The van der Waals surface area contributed by atoms with Crippen molar-refractivity contribution in [1.29, 1.82) is 0 Å². The molecule has 3 N–H and O–H groups in total. The standard InChI is InChI=1S/C24H35N3O2/c1-24(2,29)10-9-17-7-8-22-21(13-17)19(15-26-22)14-20-6-4-12-27(20)16-18-5-3-11-25-23(18)28/h7-8,13,15,18,20,26,29H,3-6,9-12,14,16H2,1-2H3,(H,25,28)/t18-,20+/m0/s1. The molecule has 2 aliphatic heterocycles. The molecule has 0 unspecified atom stereocenters. The number of amides is 1. The molecule has 4 rings (SSSR count). The molecule has 2 atom stereocenters. The minimum absolute atomic E-state index is 0.153. The van der Waals surface area contributed by atoms with E-state index in [2.05, 4.69) is 39.6 Å². The molecule has 5 heteroatoms. The van der Waals surface area contributed by atoms with Gasteiger partial charge in [-0.15, -0.1) is 0 Å². The molecule has 158 valence electrons. The highest BCUT2D eigenvalue weighted by Crippen LogP contribution is 2.28. The van der Waals surface area contributed by atoms with Gasteiger partial charge in [0.15, 0.2) is 0 Å². The highest BCUT2D eigenvalue weighted by Gasteiger charge is 2.31. The quantitative estimate of drug-likeness (QED) is 0.671. The summed E-state index contributed by atoms with van der Waals surface area (Å²) in [6.45, 7) is 6.58. The molecule has 2 saturated heterocycles. The third kappa shape index (κ3) is 5.01. The zero-order chi connectivity index (χ0) is 20.4. The smallest absolute Gasteiger partial charge is 0.224 e. The molecule has 0 spiro atoms. The molecule has 5 nitrogen and oxygen atoms in total. The van der Waals surface area contributed by atoms with Crippen LogP contribution in [0.3, 0.4) is 0 Å². The van der Waals surface area contributed by atoms with Gasteiger partial charge >= 0.3 is 0 Å². The summed E-state index contributed by atoms with van der Waals surface area (Å²) in [4.78, 5) is 18.2. The van der Waals surface area contributed by atoms with E-state index in [0.29, 0.717) is 6.04 Å². The Bertz CT molecular complexity index is 851. The molecule has 0 radical (unpaired) electrons. The first-order valence-electron chi connectivity index (χ1n) is 11.2. The summed E-state index contributed by atoms with van der Waals surface area (Å²) in [7, 11) is 0. The van der Waals surface area contributed by atoms with Crippen LogP contribution in [0.25, 0.3) is 10.9 Å². The van der Waals surface area contributed by atoms with E-state index >= 15 is 0 Å². The minimum Gasteiger partial charge on any atom is -0.390 e. The highest BCUT2D eigenvalue weighted by molar-refractivity contribution is 5.84. The van der Waals surface area contributed by atoms with E-state index in [1.807, 2.05) is 13.8 Å². The number of fused-ring (bicyclic) bond motifs is 1. The number of piperidine rings is 1. The van der Waals surface area contributed by atoms with Crippen LogP contribution in [0.15, 0.2) is 24.4 Å². The summed E-state index contributed by atoms with van der Waals surface area (Å²) in [5.74, 6) is 0.395. The number of hydrogen-bond donors (Lipinski definition) is 3. The summed E-state index contributed by atoms with van der Waals surface area (Å²) < 4.78 is 0. The van der Waals surface area contributed by atoms with Crippen LogP contribution in [0.1, 0.15) is 57.1 Å². The van der Waals surface area contributed by atoms with Crippen LogP contribution in [-0.2, 0) is 17.6 Å². The number of H-pyrrole nitrogens is 1. The molecule has 0 aliphatic carbocycles. The summed E-state index contributed by atoms with van der Waals surface area (Å²) in [5, 5.41) is 14.4. The maximum atomic E-state index is 12.2. The maximum absolute atomic E-state index is 12.2. The zero-order valence-corrected chi connectivity index (χ0v) is 17.8. The number of aromatic amines is 1. The van der Waals surface area contributed by atoms with Gasteiger partial charge in [-0.25, -0.2) is 0 Å². The Hall–Kier alpha value is -1.85. The molecule has 2 aliphatic rings. The van der Waals surface area contributed by atoms with E-state index in [9.17, 15) is 9.90 Å². The summed E-state index contributed by atoms with van der Waals surface area (Å²) in [6, 6.07) is 7.14. The van der Waals surface area contributed by atoms with Gasteiger partial charge in [0, 0.05) is 36.2 Å². The fourth-order valence-corrected chi connectivity index (χ4v) is 4.91.